The average Bonchev–Trinajstić information content (AvgIpc) is 1.66. The van der Waals surface area contributed by atoms with Crippen molar-refractivity contribution in [2.24, 2.45) is 27.1 Å². The van der Waals surface area contributed by atoms with Crippen LogP contribution in [0.2, 0.25) is 0 Å². The Hall–Kier alpha value is -14.6. The third kappa shape index (κ3) is 56.8. The van der Waals surface area contributed by atoms with Gasteiger partial charge in [0.15, 0.2) is 0 Å². The van der Waals surface area contributed by atoms with Crippen molar-refractivity contribution in [2.45, 2.75) is 180 Å². The molecule has 0 atom stereocenters. The monoisotopic (exact) mass is 2020 g/mol. The molecule has 0 fully saturated rings. The van der Waals surface area contributed by atoms with Crippen molar-refractivity contribution in [3.05, 3.63) is 522 Å². The predicted molar refractivity (Wildman–Crippen MR) is 674 cm³/mol. The highest BCUT2D eigenvalue weighted by Gasteiger charge is 2.10. The Bertz CT molecular complexity index is 5710. The number of hydrogen-bond acceptors (Lipinski definition) is 7. The maximum Gasteiger partial charge on any atom is 0.135 e. The molecule has 0 saturated carbocycles. The Labute approximate surface area is 907 Å². The average molecular weight is 2020 g/mol. The number of anilines is 6. The van der Waals surface area contributed by atoms with Gasteiger partial charge in [-0.3, -0.25) is 0 Å². The molecule has 0 spiro atoms. The summed E-state index contributed by atoms with van der Waals surface area (Å²) in [5.74, 6) is 0. The first-order chi connectivity index (χ1) is 71.4. The van der Waals surface area contributed by atoms with Gasteiger partial charge in [-0.2, -0.15) is 0 Å². The molecule has 0 N–H and O–H groups in total. The molecule has 149 heavy (non-hydrogen) atoms. The van der Waals surface area contributed by atoms with Crippen LogP contribution in [0.4, 0.5) is 34.1 Å². The molecule has 7 heteroatoms. The zero-order chi connectivity index (χ0) is 110. The van der Waals surface area contributed by atoms with Crippen molar-refractivity contribution in [1.29, 1.82) is 0 Å². The first-order valence-electron chi connectivity index (χ1n) is 52.4. The molecular formula is C142H173N3O2S2. The first kappa shape index (κ1) is 127. The van der Waals surface area contributed by atoms with Crippen LogP contribution >= 0.6 is 22.7 Å². The van der Waals surface area contributed by atoms with E-state index >= 15 is 0 Å². The minimum Gasteiger partial charge on any atom is -0.456 e. The van der Waals surface area contributed by atoms with Gasteiger partial charge in [-0.15, -0.1) is 22.7 Å². The van der Waals surface area contributed by atoms with E-state index in [0.29, 0.717) is 27.1 Å². The maximum atomic E-state index is 5.65. The fourth-order valence-corrected chi connectivity index (χ4v) is 14.8. The van der Waals surface area contributed by atoms with Crippen LogP contribution in [0.15, 0.2) is 531 Å². The minimum absolute atomic E-state index is 0.500. The summed E-state index contributed by atoms with van der Waals surface area (Å²) in [5.41, 5.74) is 13.6. The van der Waals surface area contributed by atoms with Gasteiger partial charge in [0.25, 0.3) is 0 Å². The largest absolute Gasteiger partial charge is 0.456 e. The third-order valence-electron chi connectivity index (χ3n) is 18.7. The number of benzene rings is 18. The molecule has 4 aromatic heterocycles. The summed E-state index contributed by atoms with van der Waals surface area (Å²) < 4.78 is 16.8. The van der Waals surface area contributed by atoms with E-state index in [1.807, 2.05) is 319 Å². The van der Waals surface area contributed by atoms with Crippen LogP contribution in [0.3, 0.4) is 0 Å². The molecule has 0 aliphatic heterocycles. The van der Waals surface area contributed by atoms with E-state index in [1.54, 1.807) is 0 Å². The highest BCUT2D eigenvalue weighted by Crippen LogP contribution is 2.36. The van der Waals surface area contributed by atoms with E-state index < -0.39 is 0 Å². The number of nitrogens with zero attached hydrogens (tertiary/aromatic N) is 3. The fraction of sp³-hybridized carbons (Fsp3) is 0.239. The summed E-state index contributed by atoms with van der Waals surface area (Å²) in [7, 11) is 6.22. The fourth-order valence-electron chi connectivity index (χ4n) is 12.6. The molecule has 0 aliphatic rings. The molecule has 0 amide bonds. The molecular weight excluding hydrogens is 1840 g/mol. The Morgan fingerprint density at radius 3 is 0.356 bits per heavy atom. The first-order valence-corrected chi connectivity index (χ1v) is 54.0. The summed E-state index contributed by atoms with van der Waals surface area (Å²) in [6, 6.07) is 177. The Morgan fingerprint density at radius 1 is 0.134 bits per heavy atom. The van der Waals surface area contributed by atoms with Crippen molar-refractivity contribution in [1.82, 2.24) is 0 Å². The van der Waals surface area contributed by atoms with Gasteiger partial charge < -0.3 is 23.5 Å². The van der Waals surface area contributed by atoms with Crippen LogP contribution < -0.4 is 14.7 Å². The number of hydrogen-bond donors (Lipinski definition) is 0. The molecule has 4 heterocycles. The molecule has 0 aliphatic carbocycles. The molecule has 22 aromatic rings. The van der Waals surface area contributed by atoms with Crippen LogP contribution in [0.25, 0.3) is 84.2 Å². The van der Waals surface area contributed by atoms with Crippen molar-refractivity contribution in [2.75, 3.05) is 35.8 Å². The third-order valence-corrected chi connectivity index (χ3v) is 21.0. The van der Waals surface area contributed by atoms with Gasteiger partial charge in [0.1, 0.15) is 22.3 Å². The summed E-state index contributed by atoms with van der Waals surface area (Å²) in [4.78, 5) is 6.50. The molecule has 0 unspecified atom stereocenters. The molecule has 22 rings (SSSR count). The lowest BCUT2D eigenvalue weighted by Crippen LogP contribution is -2.08. The molecule has 0 radical (unpaired) electrons. The van der Waals surface area contributed by atoms with E-state index in [4.69, 9.17) is 8.83 Å². The molecule has 0 saturated heterocycles. The van der Waals surface area contributed by atoms with E-state index in [0.717, 1.165) is 22.3 Å². The summed E-state index contributed by atoms with van der Waals surface area (Å²) >= 11 is 3.72. The number of para-hydroxylation sites is 10. The quantitative estimate of drug-likeness (QED) is 0.166. The van der Waals surface area contributed by atoms with Crippen LogP contribution in [-0.2, 0) is 0 Å². The highest BCUT2D eigenvalue weighted by molar-refractivity contribution is 7.26. The second-order valence-corrected chi connectivity index (χ2v) is 43.9. The van der Waals surface area contributed by atoms with Gasteiger partial charge in [-0.1, -0.05) is 580 Å². The molecule has 780 valence electrons. The number of thiophene rings is 2. The van der Waals surface area contributed by atoms with Crippen molar-refractivity contribution in [3.63, 3.8) is 0 Å². The van der Waals surface area contributed by atoms with Crippen molar-refractivity contribution in [3.8, 4) is 0 Å². The second kappa shape index (κ2) is 71.9. The second-order valence-electron chi connectivity index (χ2n) is 41.7. The van der Waals surface area contributed by atoms with Gasteiger partial charge >= 0.3 is 0 Å². The molecule has 5 nitrogen and oxygen atoms in total. The molecule has 0 bridgehead atoms. The Balaban J connectivity index is 0.000000335. The van der Waals surface area contributed by atoms with Gasteiger partial charge in [0.05, 0.1) is 0 Å². The van der Waals surface area contributed by atoms with Gasteiger partial charge in [0, 0.05) is 117 Å². The lowest BCUT2D eigenvalue weighted by atomic mass is 10.0. The van der Waals surface area contributed by atoms with Crippen LogP contribution in [0.1, 0.15) is 180 Å². The minimum atomic E-state index is 0.500. The zero-order valence-corrected chi connectivity index (χ0v) is 96.8. The van der Waals surface area contributed by atoms with Crippen LogP contribution in [0, 0.1) is 27.1 Å². The summed E-state index contributed by atoms with van der Waals surface area (Å²) in [6.07, 6.45) is 0. The van der Waals surface area contributed by atoms with Gasteiger partial charge in [-0.25, -0.2) is 0 Å². The SMILES string of the molecule is CC.CC.CC.CC(C)(C)C.CC(C)(C)C.CC(C)(C)C.CC(C)(C)C.CC(C)(C)C.CN(c1ccccc1)c1ccccc1.CN(c1ccccc1)c1ccccc1.CN(c1ccccc1)c1ccccc1.c1ccc2c(c1)oc1ccccc12.c1ccc2c(c1)oc1ccccc12.c1ccc2c(c1)sc1ccccc12.c1ccc2c(c1)sc1ccccc12.c1ccccc1.c1ccccc1.c1ccccc1.c1ccccc1. The highest BCUT2D eigenvalue weighted by atomic mass is 32.1. The molecule has 18 aromatic carbocycles. The summed E-state index contributed by atoms with van der Waals surface area (Å²) in [6.45, 7) is 55.8. The Kier molecular flexibility index (Phi) is 61.1. The van der Waals surface area contributed by atoms with Crippen molar-refractivity contribution >= 4 is 141 Å². The van der Waals surface area contributed by atoms with Gasteiger partial charge in [0.2, 0.25) is 0 Å². The number of furan rings is 2. The lowest BCUT2D eigenvalue weighted by Gasteiger charge is -2.18. The standard InChI is InChI=1S/3C13H13N.2C12H8O.2C12H8S.4C6H6.5C5H12.3C2H6/c3*1-14(12-8-4-2-5-9-12)13-10-6-3-7-11-13;4*1-3-7-11-9(5-1)10-6-2-4-8-12(10)13-11;4*1-2-4-6-5-3-1;5*1-5(2,3)4;3*1-2/h3*2-11H,1H3;4*1-8H;4*1-6H;5*1-4H3;3*1-2H3. The normalized spacial score (nSPS) is 10.0. The Morgan fingerprint density at radius 2 is 0.228 bits per heavy atom. The smallest absolute Gasteiger partial charge is 0.135 e. The van der Waals surface area contributed by atoms with E-state index in [9.17, 15) is 0 Å². The summed E-state index contributed by atoms with van der Waals surface area (Å²) in [5, 5.41) is 10.3. The van der Waals surface area contributed by atoms with E-state index in [1.165, 1.54) is 96.0 Å². The van der Waals surface area contributed by atoms with E-state index in [-0.39, 0.29) is 0 Å². The van der Waals surface area contributed by atoms with Gasteiger partial charge in [-0.05, 0) is 148 Å². The van der Waals surface area contributed by atoms with Crippen LogP contribution in [0.5, 0.6) is 0 Å². The maximum absolute atomic E-state index is 5.65. The van der Waals surface area contributed by atoms with Crippen molar-refractivity contribution < 1.29 is 8.83 Å². The number of fused-ring (bicyclic) bond motifs is 12. The van der Waals surface area contributed by atoms with Crippen LogP contribution in [-0.4, -0.2) is 21.1 Å². The number of rotatable bonds is 6. The topological polar surface area (TPSA) is 36.0 Å². The predicted octanol–water partition coefficient (Wildman–Crippen LogP) is 45.7. The van der Waals surface area contributed by atoms with E-state index in [2.05, 4.69) is 441 Å². The zero-order valence-electron chi connectivity index (χ0n) is 95.1. The lowest BCUT2D eigenvalue weighted by molar-refractivity contribution is 0.469.